The summed E-state index contributed by atoms with van der Waals surface area (Å²) >= 11 is 0. The zero-order valence-corrected chi connectivity index (χ0v) is 13.0. The summed E-state index contributed by atoms with van der Waals surface area (Å²) in [6.45, 7) is 6.21. The molecule has 124 valence electrons. The van der Waals surface area contributed by atoms with Gasteiger partial charge in [0.15, 0.2) is 0 Å². The standard InChI is InChI=1S/C16H21FN4O2/c17-14-4-2-13(3-5-14)16-20-19-15(23-16)12-18-6-1-7-21-8-10-22-11-9-21/h2-5,18H,1,6-12H2. The van der Waals surface area contributed by atoms with E-state index >= 15 is 0 Å². The van der Waals surface area contributed by atoms with Gasteiger partial charge in [0.25, 0.3) is 0 Å². The quantitative estimate of drug-likeness (QED) is 0.783. The van der Waals surface area contributed by atoms with Crippen molar-refractivity contribution in [1.82, 2.24) is 20.4 Å². The molecule has 0 amide bonds. The molecule has 2 aromatic rings. The van der Waals surface area contributed by atoms with E-state index in [-0.39, 0.29) is 5.82 Å². The van der Waals surface area contributed by atoms with Gasteiger partial charge >= 0.3 is 0 Å². The molecule has 1 saturated heterocycles. The summed E-state index contributed by atoms with van der Waals surface area (Å²) in [5.74, 6) is 0.668. The van der Waals surface area contributed by atoms with Crippen LogP contribution in [0.1, 0.15) is 12.3 Å². The molecule has 1 aliphatic rings. The number of nitrogens with zero attached hydrogens (tertiary/aromatic N) is 3. The normalized spacial score (nSPS) is 15.9. The third-order valence-corrected chi connectivity index (χ3v) is 3.77. The first kappa shape index (κ1) is 16.0. The summed E-state index contributed by atoms with van der Waals surface area (Å²) in [4.78, 5) is 2.41. The van der Waals surface area contributed by atoms with E-state index in [0.717, 1.165) is 51.4 Å². The van der Waals surface area contributed by atoms with Crippen molar-refractivity contribution in [2.75, 3.05) is 39.4 Å². The minimum Gasteiger partial charge on any atom is -0.419 e. The summed E-state index contributed by atoms with van der Waals surface area (Å²) in [5, 5.41) is 11.3. The number of hydrogen-bond acceptors (Lipinski definition) is 6. The Hall–Kier alpha value is -1.83. The summed E-state index contributed by atoms with van der Waals surface area (Å²) < 4.78 is 23.8. The second-order valence-electron chi connectivity index (χ2n) is 5.49. The van der Waals surface area contributed by atoms with Gasteiger partial charge in [-0.25, -0.2) is 4.39 Å². The number of benzene rings is 1. The highest BCUT2D eigenvalue weighted by Gasteiger charge is 2.10. The van der Waals surface area contributed by atoms with Crippen LogP contribution in [-0.2, 0) is 11.3 Å². The smallest absolute Gasteiger partial charge is 0.247 e. The minimum atomic E-state index is -0.282. The zero-order valence-electron chi connectivity index (χ0n) is 13.0. The fourth-order valence-electron chi connectivity index (χ4n) is 2.48. The van der Waals surface area contributed by atoms with Crippen molar-refractivity contribution in [2.24, 2.45) is 0 Å². The van der Waals surface area contributed by atoms with E-state index in [2.05, 4.69) is 20.4 Å². The van der Waals surface area contributed by atoms with Crippen molar-refractivity contribution >= 4 is 0 Å². The largest absolute Gasteiger partial charge is 0.419 e. The molecule has 0 radical (unpaired) electrons. The molecule has 0 aliphatic carbocycles. The lowest BCUT2D eigenvalue weighted by molar-refractivity contribution is 0.0374. The number of halogens is 1. The van der Waals surface area contributed by atoms with Gasteiger partial charge in [-0.2, -0.15) is 0 Å². The van der Waals surface area contributed by atoms with Crippen LogP contribution in [0.4, 0.5) is 4.39 Å². The molecule has 3 rings (SSSR count). The predicted molar refractivity (Wildman–Crippen MR) is 83.3 cm³/mol. The Bertz CT molecular complexity index is 596. The average Bonchev–Trinajstić information content (AvgIpc) is 3.05. The van der Waals surface area contributed by atoms with E-state index in [4.69, 9.17) is 9.15 Å². The topological polar surface area (TPSA) is 63.4 Å². The minimum absolute atomic E-state index is 0.282. The van der Waals surface area contributed by atoms with Gasteiger partial charge in [0, 0.05) is 18.7 Å². The number of nitrogens with one attached hydrogen (secondary N) is 1. The van der Waals surface area contributed by atoms with Crippen LogP contribution < -0.4 is 5.32 Å². The fourth-order valence-corrected chi connectivity index (χ4v) is 2.48. The van der Waals surface area contributed by atoms with Crippen molar-refractivity contribution in [1.29, 1.82) is 0 Å². The summed E-state index contributed by atoms with van der Waals surface area (Å²) in [7, 11) is 0. The first-order valence-corrected chi connectivity index (χ1v) is 7.90. The fraction of sp³-hybridized carbons (Fsp3) is 0.500. The number of morpholine rings is 1. The van der Waals surface area contributed by atoms with Crippen molar-refractivity contribution in [3.8, 4) is 11.5 Å². The summed E-state index contributed by atoms with van der Waals surface area (Å²) in [5.41, 5.74) is 0.720. The Morgan fingerprint density at radius 1 is 1.13 bits per heavy atom. The van der Waals surface area contributed by atoms with Gasteiger partial charge in [0.2, 0.25) is 11.8 Å². The van der Waals surface area contributed by atoms with Crippen LogP contribution in [0.3, 0.4) is 0 Å². The lowest BCUT2D eigenvalue weighted by Gasteiger charge is -2.26. The van der Waals surface area contributed by atoms with Gasteiger partial charge < -0.3 is 14.5 Å². The van der Waals surface area contributed by atoms with Crippen LogP contribution in [0.25, 0.3) is 11.5 Å². The molecule has 7 heteroatoms. The average molecular weight is 320 g/mol. The second kappa shape index (κ2) is 8.14. The van der Waals surface area contributed by atoms with E-state index in [1.54, 1.807) is 12.1 Å². The third-order valence-electron chi connectivity index (χ3n) is 3.77. The van der Waals surface area contributed by atoms with Gasteiger partial charge in [-0.1, -0.05) is 0 Å². The lowest BCUT2D eigenvalue weighted by atomic mass is 10.2. The van der Waals surface area contributed by atoms with Gasteiger partial charge in [-0.3, -0.25) is 4.90 Å². The molecule has 1 aromatic heterocycles. The maximum absolute atomic E-state index is 12.9. The molecule has 1 aliphatic heterocycles. The van der Waals surface area contributed by atoms with Crippen LogP contribution in [0.15, 0.2) is 28.7 Å². The summed E-state index contributed by atoms with van der Waals surface area (Å²) in [6, 6.07) is 6.01. The highest BCUT2D eigenvalue weighted by Crippen LogP contribution is 2.17. The third kappa shape index (κ3) is 4.82. The predicted octanol–water partition coefficient (Wildman–Crippen LogP) is 1.69. The van der Waals surface area contributed by atoms with E-state index in [0.29, 0.717) is 18.3 Å². The van der Waals surface area contributed by atoms with Gasteiger partial charge in [0.1, 0.15) is 5.82 Å². The van der Waals surface area contributed by atoms with Gasteiger partial charge in [-0.05, 0) is 43.8 Å². The van der Waals surface area contributed by atoms with Gasteiger partial charge in [-0.15, -0.1) is 10.2 Å². The SMILES string of the molecule is Fc1ccc(-c2nnc(CNCCCN3CCOCC3)o2)cc1. The van der Waals surface area contributed by atoms with Crippen molar-refractivity contribution in [3.05, 3.63) is 36.0 Å². The monoisotopic (exact) mass is 320 g/mol. The van der Waals surface area contributed by atoms with Crippen LogP contribution in [-0.4, -0.2) is 54.5 Å². The summed E-state index contributed by atoms with van der Waals surface area (Å²) in [6.07, 6.45) is 1.07. The molecule has 2 heterocycles. The molecule has 1 aromatic carbocycles. The first-order chi connectivity index (χ1) is 11.3. The molecule has 1 fully saturated rings. The second-order valence-corrected chi connectivity index (χ2v) is 5.49. The Kier molecular flexibility index (Phi) is 5.68. The number of aromatic nitrogens is 2. The Morgan fingerprint density at radius 2 is 1.91 bits per heavy atom. The van der Waals surface area contributed by atoms with Crippen LogP contribution in [0, 0.1) is 5.82 Å². The van der Waals surface area contributed by atoms with E-state index in [9.17, 15) is 4.39 Å². The highest BCUT2D eigenvalue weighted by molar-refractivity contribution is 5.51. The molecule has 23 heavy (non-hydrogen) atoms. The number of ether oxygens (including phenoxy) is 1. The lowest BCUT2D eigenvalue weighted by Crippen LogP contribution is -2.37. The van der Waals surface area contributed by atoms with Crippen molar-refractivity contribution < 1.29 is 13.5 Å². The molecule has 6 nitrogen and oxygen atoms in total. The van der Waals surface area contributed by atoms with Crippen molar-refractivity contribution in [3.63, 3.8) is 0 Å². The number of hydrogen-bond donors (Lipinski definition) is 1. The van der Waals surface area contributed by atoms with Crippen LogP contribution in [0.2, 0.25) is 0 Å². The van der Waals surface area contributed by atoms with Crippen LogP contribution in [0.5, 0.6) is 0 Å². The van der Waals surface area contributed by atoms with E-state index < -0.39 is 0 Å². The van der Waals surface area contributed by atoms with E-state index in [1.807, 2.05) is 0 Å². The van der Waals surface area contributed by atoms with Gasteiger partial charge in [0.05, 0.1) is 19.8 Å². The molecule has 0 bridgehead atoms. The molecular weight excluding hydrogens is 299 g/mol. The molecular formula is C16H21FN4O2. The highest BCUT2D eigenvalue weighted by atomic mass is 19.1. The Morgan fingerprint density at radius 3 is 2.70 bits per heavy atom. The Labute approximate surface area is 134 Å². The molecule has 0 atom stereocenters. The van der Waals surface area contributed by atoms with E-state index in [1.165, 1.54) is 12.1 Å². The molecule has 0 unspecified atom stereocenters. The maximum atomic E-state index is 12.9. The zero-order chi connectivity index (χ0) is 15.9. The molecule has 0 spiro atoms. The molecule has 1 N–H and O–H groups in total. The number of rotatable bonds is 7. The first-order valence-electron chi connectivity index (χ1n) is 7.90. The van der Waals surface area contributed by atoms with Crippen molar-refractivity contribution in [2.45, 2.75) is 13.0 Å². The van der Waals surface area contributed by atoms with Crippen LogP contribution >= 0.6 is 0 Å². The Balaban J connectivity index is 1.38. The maximum Gasteiger partial charge on any atom is 0.247 e. The molecule has 0 saturated carbocycles.